The van der Waals surface area contributed by atoms with E-state index in [4.69, 9.17) is 4.74 Å². The van der Waals surface area contributed by atoms with E-state index in [1.807, 2.05) is 32.4 Å². The first-order chi connectivity index (χ1) is 14.1. The molecule has 7 nitrogen and oxygen atoms in total. The van der Waals surface area contributed by atoms with Gasteiger partial charge in [-0.2, -0.15) is 0 Å². The Balaban J connectivity index is 1.66. The zero-order valence-corrected chi connectivity index (χ0v) is 17.9. The molecule has 8 heteroatoms. The van der Waals surface area contributed by atoms with Crippen LogP contribution in [0.1, 0.15) is 51.0 Å². The van der Waals surface area contributed by atoms with Crippen molar-refractivity contribution in [3.8, 4) is 0 Å². The van der Waals surface area contributed by atoms with E-state index in [1.165, 1.54) is 12.1 Å². The maximum atomic E-state index is 13.4. The summed E-state index contributed by atoms with van der Waals surface area (Å²) in [6, 6.07) is 5.56. The molecule has 2 heterocycles. The van der Waals surface area contributed by atoms with Crippen LogP contribution in [0, 0.1) is 11.7 Å². The third-order valence-corrected chi connectivity index (χ3v) is 5.12. The van der Waals surface area contributed by atoms with Gasteiger partial charge in [-0.1, -0.05) is 12.1 Å². The summed E-state index contributed by atoms with van der Waals surface area (Å²) in [6.07, 6.45) is 4.23. The summed E-state index contributed by atoms with van der Waals surface area (Å²) in [4.78, 5) is 31.3. The highest BCUT2D eigenvalue weighted by Crippen LogP contribution is 2.24. The van der Waals surface area contributed by atoms with Gasteiger partial charge in [-0.25, -0.2) is 14.2 Å². The molecule has 3 rings (SSSR count). The van der Waals surface area contributed by atoms with E-state index < -0.39 is 11.6 Å². The molecule has 30 heavy (non-hydrogen) atoms. The molecule has 0 saturated carbocycles. The van der Waals surface area contributed by atoms with Crippen LogP contribution in [-0.2, 0) is 16.6 Å². The van der Waals surface area contributed by atoms with Gasteiger partial charge in [0.1, 0.15) is 23.3 Å². The van der Waals surface area contributed by atoms with Crippen molar-refractivity contribution >= 4 is 12.0 Å². The molecular formula is C22H29FN4O3. The van der Waals surface area contributed by atoms with Crippen LogP contribution in [0.5, 0.6) is 0 Å². The van der Waals surface area contributed by atoms with Crippen molar-refractivity contribution < 1.29 is 18.7 Å². The summed E-state index contributed by atoms with van der Waals surface area (Å²) >= 11 is 0. The number of nitrogens with one attached hydrogen (secondary N) is 1. The van der Waals surface area contributed by atoms with E-state index >= 15 is 0 Å². The minimum Gasteiger partial charge on any atom is -0.444 e. The number of aryl methyl sites for hydroxylation is 1. The Hall–Kier alpha value is -2.90. The van der Waals surface area contributed by atoms with Gasteiger partial charge in [-0.15, -0.1) is 0 Å². The fraction of sp³-hybridized carbons (Fsp3) is 0.500. The van der Waals surface area contributed by atoms with E-state index in [2.05, 4.69) is 10.3 Å². The predicted octanol–water partition coefficient (Wildman–Crippen LogP) is 3.41. The second-order valence-corrected chi connectivity index (χ2v) is 8.63. The third kappa shape index (κ3) is 5.37. The normalized spacial score (nSPS) is 16.2. The average Bonchev–Trinajstić information content (AvgIpc) is 3.11. The van der Waals surface area contributed by atoms with E-state index in [1.54, 1.807) is 29.4 Å². The first-order valence-electron chi connectivity index (χ1n) is 10.1. The first kappa shape index (κ1) is 21.8. The maximum Gasteiger partial charge on any atom is 0.410 e. The van der Waals surface area contributed by atoms with Crippen LogP contribution in [-0.4, -0.2) is 45.1 Å². The lowest BCUT2D eigenvalue weighted by Gasteiger charge is -2.33. The van der Waals surface area contributed by atoms with Crippen molar-refractivity contribution in [3.63, 3.8) is 0 Å². The number of halogens is 1. The molecule has 0 bridgehead atoms. The molecule has 2 amide bonds. The van der Waals surface area contributed by atoms with Gasteiger partial charge >= 0.3 is 6.09 Å². The number of aromatic nitrogens is 2. The predicted molar refractivity (Wildman–Crippen MR) is 110 cm³/mol. The van der Waals surface area contributed by atoms with Gasteiger partial charge in [0.25, 0.3) is 0 Å². The number of imidazole rings is 1. The van der Waals surface area contributed by atoms with E-state index in [0.717, 1.165) is 5.56 Å². The van der Waals surface area contributed by atoms with Crippen LogP contribution in [0.3, 0.4) is 0 Å². The van der Waals surface area contributed by atoms with Gasteiger partial charge < -0.3 is 19.5 Å². The molecule has 1 fully saturated rings. The Morgan fingerprint density at radius 1 is 1.20 bits per heavy atom. The Labute approximate surface area is 176 Å². The molecule has 0 spiro atoms. The quantitative estimate of drug-likeness (QED) is 0.829. The number of rotatable bonds is 4. The minimum absolute atomic E-state index is 0.101. The molecule has 0 radical (unpaired) electrons. The number of amides is 2. The summed E-state index contributed by atoms with van der Waals surface area (Å²) in [6.45, 7) is 6.43. The topological polar surface area (TPSA) is 76.5 Å². The Kier molecular flexibility index (Phi) is 6.43. The smallest absolute Gasteiger partial charge is 0.410 e. The van der Waals surface area contributed by atoms with Crippen molar-refractivity contribution in [1.29, 1.82) is 0 Å². The van der Waals surface area contributed by atoms with Crippen molar-refractivity contribution in [2.45, 2.75) is 45.3 Å². The first-order valence-corrected chi connectivity index (χ1v) is 10.1. The van der Waals surface area contributed by atoms with E-state index in [9.17, 15) is 14.0 Å². The van der Waals surface area contributed by atoms with Crippen molar-refractivity contribution in [2.24, 2.45) is 13.0 Å². The lowest BCUT2D eigenvalue weighted by atomic mass is 9.95. The van der Waals surface area contributed by atoms with E-state index in [-0.39, 0.29) is 23.7 Å². The Bertz CT molecular complexity index is 881. The molecule has 1 aliphatic rings. The highest BCUT2D eigenvalue weighted by molar-refractivity contribution is 5.80. The monoisotopic (exact) mass is 416 g/mol. The van der Waals surface area contributed by atoms with Crippen LogP contribution in [0.25, 0.3) is 0 Å². The highest BCUT2D eigenvalue weighted by Gasteiger charge is 2.31. The number of nitrogens with zero attached hydrogens (tertiary/aromatic N) is 3. The zero-order valence-electron chi connectivity index (χ0n) is 17.9. The van der Waals surface area contributed by atoms with Crippen molar-refractivity contribution in [3.05, 3.63) is 53.9 Å². The summed E-state index contributed by atoms with van der Waals surface area (Å²) < 4.78 is 20.6. The number of ether oxygens (including phenoxy) is 1. The average molecular weight is 416 g/mol. The highest BCUT2D eigenvalue weighted by atomic mass is 19.1. The standard InChI is InChI=1S/C22H29FN4O3/c1-22(2,3)30-21(29)27-12-9-16(10-13-27)20(28)25-18(19-24-11-14-26(19)4)15-5-7-17(23)8-6-15/h5-8,11,14,16,18H,9-10,12-13H2,1-4H3,(H,25,28)/t18-/m1/s1. The minimum atomic E-state index is -0.546. The molecule has 0 unspecified atom stereocenters. The van der Waals surface area contributed by atoms with Gasteiger partial charge in [0.15, 0.2) is 0 Å². The second-order valence-electron chi connectivity index (χ2n) is 8.63. The molecule has 1 atom stereocenters. The lowest BCUT2D eigenvalue weighted by Crippen LogP contribution is -2.45. The number of likely N-dealkylation sites (tertiary alicyclic amines) is 1. The number of carbonyl (C=O) groups excluding carboxylic acids is 2. The summed E-state index contributed by atoms with van der Waals surface area (Å²) in [5.74, 6) is 0.0161. The van der Waals surface area contributed by atoms with Crippen LogP contribution in [0.15, 0.2) is 36.7 Å². The van der Waals surface area contributed by atoms with Crippen LogP contribution in [0.4, 0.5) is 9.18 Å². The summed E-state index contributed by atoms with van der Waals surface area (Å²) in [5, 5.41) is 3.07. The van der Waals surface area contributed by atoms with Crippen molar-refractivity contribution in [1.82, 2.24) is 19.8 Å². The zero-order chi connectivity index (χ0) is 21.9. The third-order valence-electron chi connectivity index (χ3n) is 5.12. The number of hydrogen-bond donors (Lipinski definition) is 1. The SMILES string of the molecule is Cn1ccnc1[C@H](NC(=O)C1CCN(C(=O)OC(C)(C)C)CC1)c1ccc(F)cc1. The molecule has 1 aromatic heterocycles. The molecule has 0 aliphatic carbocycles. The molecule has 2 aromatic rings. The fourth-order valence-corrected chi connectivity index (χ4v) is 3.52. The number of piperidine rings is 1. The summed E-state index contributed by atoms with van der Waals surface area (Å²) in [5.41, 5.74) is 0.209. The van der Waals surface area contributed by atoms with Crippen LogP contribution in [0.2, 0.25) is 0 Å². The van der Waals surface area contributed by atoms with Gasteiger partial charge in [0, 0.05) is 38.4 Å². The number of benzene rings is 1. The van der Waals surface area contributed by atoms with Gasteiger partial charge in [0.05, 0.1) is 0 Å². The van der Waals surface area contributed by atoms with Crippen molar-refractivity contribution in [2.75, 3.05) is 13.1 Å². The number of carbonyl (C=O) groups is 2. The molecular weight excluding hydrogens is 387 g/mol. The van der Waals surface area contributed by atoms with Gasteiger partial charge in [-0.05, 0) is 51.3 Å². The Morgan fingerprint density at radius 3 is 2.37 bits per heavy atom. The molecule has 1 N–H and O–H groups in total. The van der Waals surface area contributed by atoms with Crippen LogP contribution >= 0.6 is 0 Å². The van der Waals surface area contributed by atoms with Crippen LogP contribution < -0.4 is 5.32 Å². The molecule has 1 aromatic carbocycles. The largest absolute Gasteiger partial charge is 0.444 e. The van der Waals surface area contributed by atoms with Gasteiger partial charge in [-0.3, -0.25) is 4.79 Å². The second kappa shape index (κ2) is 8.85. The summed E-state index contributed by atoms with van der Waals surface area (Å²) in [7, 11) is 1.85. The lowest BCUT2D eigenvalue weighted by molar-refractivity contribution is -0.127. The maximum absolute atomic E-state index is 13.4. The van der Waals surface area contributed by atoms with E-state index in [0.29, 0.717) is 31.8 Å². The fourth-order valence-electron chi connectivity index (χ4n) is 3.52. The Morgan fingerprint density at radius 2 is 1.83 bits per heavy atom. The number of hydrogen-bond acceptors (Lipinski definition) is 4. The molecule has 162 valence electrons. The molecule has 1 aliphatic heterocycles. The van der Waals surface area contributed by atoms with Gasteiger partial charge in [0.2, 0.25) is 5.91 Å². The molecule has 1 saturated heterocycles.